The van der Waals surface area contributed by atoms with Crippen LogP contribution >= 0.6 is 11.6 Å². The predicted molar refractivity (Wildman–Crippen MR) is 90.4 cm³/mol. The van der Waals surface area contributed by atoms with E-state index in [2.05, 4.69) is 10.2 Å². The van der Waals surface area contributed by atoms with Gasteiger partial charge < -0.3 is 9.47 Å². The van der Waals surface area contributed by atoms with Crippen LogP contribution in [0.2, 0.25) is 5.15 Å². The Labute approximate surface area is 143 Å². The largest absolute Gasteiger partial charge is 0.497 e. The zero-order chi connectivity index (χ0) is 16.9. The van der Waals surface area contributed by atoms with Gasteiger partial charge in [-0.05, 0) is 24.3 Å². The second-order valence-corrected chi connectivity index (χ2v) is 5.25. The molecule has 0 aliphatic heterocycles. The highest BCUT2D eigenvalue weighted by Gasteiger charge is 2.15. The van der Waals surface area contributed by atoms with Gasteiger partial charge in [0.05, 0.1) is 12.7 Å². The monoisotopic (exact) mass is 340 g/mol. The number of methoxy groups -OCH3 is 1. The third-order valence-electron chi connectivity index (χ3n) is 3.30. The van der Waals surface area contributed by atoms with Crippen molar-refractivity contribution in [2.45, 2.75) is 0 Å². The van der Waals surface area contributed by atoms with E-state index in [1.165, 1.54) is 6.07 Å². The maximum Gasteiger partial charge on any atom is 0.343 e. The number of rotatable bonds is 4. The van der Waals surface area contributed by atoms with Gasteiger partial charge in [0.1, 0.15) is 11.4 Å². The Hall–Kier alpha value is -2.92. The smallest absolute Gasteiger partial charge is 0.343 e. The summed E-state index contributed by atoms with van der Waals surface area (Å²) >= 11 is 5.89. The number of benzene rings is 2. The molecule has 0 saturated carbocycles. The molecule has 1 heterocycles. The normalized spacial score (nSPS) is 10.2. The summed E-state index contributed by atoms with van der Waals surface area (Å²) in [5.74, 6) is 0.395. The van der Waals surface area contributed by atoms with Crippen molar-refractivity contribution in [3.05, 3.63) is 71.4 Å². The standard InChI is InChI=1S/C18H13ClN2O3/c1-23-14-9-7-13(8-10-14)18(22)24-15-11-16(19)20-21-17(15)12-5-3-2-4-6-12/h2-11H,1H3. The molecule has 0 fully saturated rings. The minimum atomic E-state index is -0.515. The first-order chi connectivity index (χ1) is 11.7. The molecule has 3 rings (SSSR count). The molecule has 3 aromatic rings. The van der Waals surface area contributed by atoms with Gasteiger partial charge >= 0.3 is 5.97 Å². The van der Waals surface area contributed by atoms with Crippen molar-refractivity contribution in [2.75, 3.05) is 7.11 Å². The lowest BCUT2D eigenvalue weighted by Gasteiger charge is -2.09. The van der Waals surface area contributed by atoms with E-state index in [9.17, 15) is 4.79 Å². The molecule has 0 amide bonds. The van der Waals surface area contributed by atoms with Crippen LogP contribution < -0.4 is 9.47 Å². The van der Waals surface area contributed by atoms with Gasteiger partial charge in [-0.2, -0.15) is 0 Å². The van der Waals surface area contributed by atoms with Crippen LogP contribution in [0.1, 0.15) is 10.4 Å². The molecule has 0 aliphatic carbocycles. The second-order valence-electron chi connectivity index (χ2n) is 4.86. The SMILES string of the molecule is COc1ccc(C(=O)Oc2cc(Cl)nnc2-c2ccccc2)cc1. The van der Waals surface area contributed by atoms with Gasteiger partial charge in [-0.3, -0.25) is 0 Å². The summed E-state index contributed by atoms with van der Waals surface area (Å²) in [5.41, 5.74) is 1.61. The van der Waals surface area contributed by atoms with Crippen LogP contribution in [0.25, 0.3) is 11.3 Å². The summed E-state index contributed by atoms with van der Waals surface area (Å²) in [6.45, 7) is 0. The first-order valence-electron chi connectivity index (χ1n) is 7.12. The van der Waals surface area contributed by atoms with Crippen LogP contribution in [0.4, 0.5) is 0 Å². The van der Waals surface area contributed by atoms with Crippen LogP contribution in [0, 0.1) is 0 Å². The van der Waals surface area contributed by atoms with Crippen LogP contribution in [-0.4, -0.2) is 23.3 Å². The van der Waals surface area contributed by atoms with E-state index in [1.807, 2.05) is 30.3 Å². The van der Waals surface area contributed by atoms with E-state index < -0.39 is 5.97 Å². The van der Waals surface area contributed by atoms with E-state index in [4.69, 9.17) is 21.1 Å². The fraction of sp³-hybridized carbons (Fsp3) is 0.0556. The van der Waals surface area contributed by atoms with Crippen molar-refractivity contribution in [1.82, 2.24) is 10.2 Å². The molecule has 0 saturated heterocycles. The first-order valence-corrected chi connectivity index (χ1v) is 7.50. The van der Waals surface area contributed by atoms with Gasteiger partial charge in [-0.25, -0.2) is 4.79 Å². The fourth-order valence-electron chi connectivity index (χ4n) is 2.11. The second kappa shape index (κ2) is 7.10. The van der Waals surface area contributed by atoms with Gasteiger partial charge in [0, 0.05) is 11.6 Å². The summed E-state index contributed by atoms with van der Waals surface area (Å²) in [5, 5.41) is 8.02. The molecule has 0 N–H and O–H groups in total. The lowest BCUT2D eigenvalue weighted by atomic mass is 10.1. The first kappa shape index (κ1) is 16.0. The zero-order valence-electron chi connectivity index (χ0n) is 12.8. The molecule has 120 valence electrons. The van der Waals surface area contributed by atoms with Crippen molar-refractivity contribution in [3.8, 4) is 22.8 Å². The number of esters is 1. The number of halogens is 1. The molecule has 5 nitrogen and oxygen atoms in total. The Kier molecular flexibility index (Phi) is 4.72. The van der Waals surface area contributed by atoms with E-state index in [-0.39, 0.29) is 10.9 Å². The average molecular weight is 341 g/mol. The number of ether oxygens (including phenoxy) is 2. The highest BCUT2D eigenvalue weighted by molar-refractivity contribution is 6.29. The van der Waals surface area contributed by atoms with Crippen LogP contribution in [0.15, 0.2) is 60.7 Å². The molecule has 6 heteroatoms. The number of hydrogen-bond donors (Lipinski definition) is 0. The Morgan fingerprint density at radius 1 is 1.00 bits per heavy atom. The molecule has 1 aromatic heterocycles. The Morgan fingerprint density at radius 3 is 2.38 bits per heavy atom. The number of carbonyl (C=O) groups excluding carboxylic acids is 1. The average Bonchev–Trinajstić information content (AvgIpc) is 2.62. The van der Waals surface area contributed by atoms with Gasteiger partial charge in [0.25, 0.3) is 0 Å². The maximum atomic E-state index is 12.4. The van der Waals surface area contributed by atoms with Crippen LogP contribution in [0.3, 0.4) is 0 Å². The van der Waals surface area contributed by atoms with Crippen LogP contribution in [0.5, 0.6) is 11.5 Å². The number of nitrogens with zero attached hydrogens (tertiary/aromatic N) is 2. The van der Waals surface area contributed by atoms with Gasteiger partial charge in [-0.15, -0.1) is 10.2 Å². The molecule has 0 atom stereocenters. The summed E-state index contributed by atoms with van der Waals surface area (Å²) in [6, 6.07) is 17.4. The third kappa shape index (κ3) is 3.52. The zero-order valence-corrected chi connectivity index (χ0v) is 13.5. The lowest BCUT2D eigenvalue weighted by molar-refractivity contribution is 0.0735. The van der Waals surface area contributed by atoms with Crippen molar-refractivity contribution in [3.63, 3.8) is 0 Å². The number of carbonyl (C=O) groups is 1. The van der Waals surface area contributed by atoms with Gasteiger partial charge in [-0.1, -0.05) is 41.9 Å². The van der Waals surface area contributed by atoms with E-state index in [1.54, 1.807) is 31.4 Å². The molecule has 2 aromatic carbocycles. The molecule has 0 aliphatic rings. The third-order valence-corrected chi connectivity index (χ3v) is 3.49. The molecule has 24 heavy (non-hydrogen) atoms. The number of hydrogen-bond acceptors (Lipinski definition) is 5. The Morgan fingerprint density at radius 2 is 1.71 bits per heavy atom. The van der Waals surface area contributed by atoms with E-state index >= 15 is 0 Å². The highest BCUT2D eigenvalue weighted by atomic mass is 35.5. The van der Waals surface area contributed by atoms with Crippen molar-refractivity contribution in [2.24, 2.45) is 0 Å². The summed E-state index contributed by atoms with van der Waals surface area (Å²) in [7, 11) is 1.56. The van der Waals surface area contributed by atoms with Gasteiger partial charge in [0.2, 0.25) is 0 Å². The quantitative estimate of drug-likeness (QED) is 0.671. The molecule has 0 bridgehead atoms. The van der Waals surface area contributed by atoms with E-state index in [0.29, 0.717) is 17.0 Å². The molecule has 0 unspecified atom stereocenters. The minimum absolute atomic E-state index is 0.146. The van der Waals surface area contributed by atoms with Crippen LogP contribution in [-0.2, 0) is 0 Å². The lowest BCUT2D eigenvalue weighted by Crippen LogP contribution is -2.10. The van der Waals surface area contributed by atoms with Crippen molar-refractivity contribution in [1.29, 1.82) is 0 Å². The molecular formula is C18H13ClN2O3. The number of aromatic nitrogens is 2. The fourth-order valence-corrected chi connectivity index (χ4v) is 2.25. The molecule has 0 radical (unpaired) electrons. The van der Waals surface area contributed by atoms with Gasteiger partial charge in [0.15, 0.2) is 10.9 Å². The highest BCUT2D eigenvalue weighted by Crippen LogP contribution is 2.29. The van der Waals surface area contributed by atoms with Crippen molar-refractivity contribution >= 4 is 17.6 Å². The summed E-state index contributed by atoms with van der Waals surface area (Å²) in [6.07, 6.45) is 0. The summed E-state index contributed by atoms with van der Waals surface area (Å²) < 4.78 is 10.5. The Balaban J connectivity index is 1.91. The Bertz CT molecular complexity index is 852. The topological polar surface area (TPSA) is 61.3 Å². The molecular weight excluding hydrogens is 328 g/mol. The summed E-state index contributed by atoms with van der Waals surface area (Å²) in [4.78, 5) is 12.4. The van der Waals surface area contributed by atoms with Crippen molar-refractivity contribution < 1.29 is 14.3 Å². The molecule has 0 spiro atoms. The minimum Gasteiger partial charge on any atom is -0.497 e. The predicted octanol–water partition coefficient (Wildman–Crippen LogP) is 4.02. The maximum absolute atomic E-state index is 12.4. The van der Waals surface area contributed by atoms with E-state index in [0.717, 1.165) is 5.56 Å².